The third-order valence-electron chi connectivity index (χ3n) is 8.66. The molecule has 0 bridgehead atoms. The molecule has 3 aliphatic rings. The average molecular weight is 561 g/mol. The highest BCUT2D eigenvalue weighted by Crippen LogP contribution is 2.26. The van der Waals surface area contributed by atoms with E-state index in [4.69, 9.17) is 9.72 Å². The van der Waals surface area contributed by atoms with Crippen LogP contribution >= 0.6 is 0 Å². The Labute approximate surface area is 238 Å². The summed E-state index contributed by atoms with van der Waals surface area (Å²) in [4.78, 5) is 39.2. The smallest absolute Gasteiger partial charge is 0.310 e. The Kier molecular flexibility index (Phi) is 7.89. The van der Waals surface area contributed by atoms with E-state index >= 15 is 0 Å². The second kappa shape index (κ2) is 11.9. The van der Waals surface area contributed by atoms with E-state index in [0.29, 0.717) is 12.5 Å². The van der Waals surface area contributed by atoms with Crippen LogP contribution in [0.3, 0.4) is 0 Å². The number of carbonyl (C=O) groups excluding carboxylic acids is 1. The zero-order valence-corrected chi connectivity index (χ0v) is 23.5. The number of hydrogen-bond donors (Lipinski definition) is 0. The molecule has 0 atom stereocenters. The van der Waals surface area contributed by atoms with Gasteiger partial charge in [-0.05, 0) is 56.2 Å². The zero-order chi connectivity index (χ0) is 28.3. The maximum absolute atomic E-state index is 13.5. The highest BCUT2D eigenvalue weighted by Gasteiger charge is 2.29. The van der Waals surface area contributed by atoms with Gasteiger partial charge in [0.25, 0.3) is 5.56 Å². The normalized spacial score (nSPS) is 17.6. The Hall–Kier alpha value is -3.95. The first-order valence-corrected chi connectivity index (χ1v) is 14.7. The van der Waals surface area contributed by atoms with Crippen LogP contribution in [0.25, 0.3) is 12.2 Å². The summed E-state index contributed by atoms with van der Waals surface area (Å²) >= 11 is 0. The van der Waals surface area contributed by atoms with Crippen molar-refractivity contribution >= 4 is 30.0 Å². The van der Waals surface area contributed by atoms with Crippen LogP contribution in [0.2, 0.25) is 0 Å². The Balaban J connectivity index is 1.17. The Morgan fingerprint density at radius 3 is 2.51 bits per heavy atom. The van der Waals surface area contributed by atoms with E-state index in [1.165, 1.54) is 29.0 Å². The molecule has 41 heavy (non-hydrogen) atoms. The number of esters is 1. The van der Waals surface area contributed by atoms with Gasteiger partial charge in [-0.25, -0.2) is 18.9 Å². The van der Waals surface area contributed by atoms with Gasteiger partial charge in [0.05, 0.1) is 23.2 Å². The standard InChI is InChI=1S/C31H37FN6O3/c1-35(30-33-17-14-28(39)38(30)21-41-29(40)23-6-2-3-7-23)25-15-18-36(19-16-25)31-34-26-8-4-5-9-27(26)37(31)20-22-10-12-24(32)13-11-22/h8-14,17,23,25H,2-7,15-16,18-21H2,1H3. The molecule has 0 spiro atoms. The van der Waals surface area contributed by atoms with E-state index in [-0.39, 0.29) is 36.0 Å². The van der Waals surface area contributed by atoms with Gasteiger partial charge in [0, 0.05) is 38.4 Å². The molecule has 1 aliphatic heterocycles. The lowest BCUT2D eigenvalue weighted by molar-refractivity contribution is -0.152. The number of hydrogen-bond acceptors (Lipinski definition) is 7. The summed E-state index contributed by atoms with van der Waals surface area (Å²) in [5.74, 6) is 0.909. The van der Waals surface area contributed by atoms with Gasteiger partial charge in [0.15, 0.2) is 6.73 Å². The van der Waals surface area contributed by atoms with Gasteiger partial charge in [-0.3, -0.25) is 9.59 Å². The molecule has 6 rings (SSSR count). The van der Waals surface area contributed by atoms with Crippen molar-refractivity contribution in [1.29, 1.82) is 0 Å². The molecular weight excluding hydrogens is 523 g/mol. The molecule has 1 aromatic carbocycles. The highest BCUT2D eigenvalue weighted by atomic mass is 19.1. The molecule has 10 heteroatoms. The van der Waals surface area contributed by atoms with Crippen molar-refractivity contribution < 1.29 is 13.9 Å². The number of fused-ring (bicyclic) bond motifs is 1. The second-order valence-electron chi connectivity index (χ2n) is 11.3. The third kappa shape index (κ3) is 5.78. The lowest BCUT2D eigenvalue weighted by atomic mass is 10.0. The second-order valence-corrected chi connectivity index (χ2v) is 11.3. The monoisotopic (exact) mass is 560 g/mol. The van der Waals surface area contributed by atoms with Gasteiger partial charge in [-0.15, -0.1) is 0 Å². The van der Waals surface area contributed by atoms with Crippen LogP contribution in [0, 0.1) is 11.7 Å². The van der Waals surface area contributed by atoms with Gasteiger partial charge in [-0.1, -0.05) is 37.1 Å². The Bertz CT molecular complexity index is 1570. The summed E-state index contributed by atoms with van der Waals surface area (Å²) in [6.07, 6.45) is 13.4. The molecule has 0 unspecified atom stereocenters. The largest absolute Gasteiger partial charge is 0.443 e. The van der Waals surface area contributed by atoms with Crippen molar-refractivity contribution in [2.45, 2.75) is 70.7 Å². The molecule has 0 N–H and O–H groups in total. The quantitative estimate of drug-likeness (QED) is 0.392. The van der Waals surface area contributed by atoms with Crippen molar-refractivity contribution in [1.82, 2.24) is 19.1 Å². The predicted octanol–water partition coefficient (Wildman–Crippen LogP) is 2.78. The molecule has 0 amide bonds. The van der Waals surface area contributed by atoms with Gasteiger partial charge in [-0.2, -0.15) is 0 Å². The fourth-order valence-corrected chi connectivity index (χ4v) is 6.30. The summed E-state index contributed by atoms with van der Waals surface area (Å²) in [5.41, 5.74) is 0.794. The first-order chi connectivity index (χ1) is 20.0. The number of nitrogens with zero attached hydrogens (tertiary/aromatic N) is 6. The maximum atomic E-state index is 13.5. The molecule has 2 aliphatic carbocycles. The van der Waals surface area contributed by atoms with Crippen LogP contribution in [0.4, 0.5) is 16.3 Å². The zero-order valence-electron chi connectivity index (χ0n) is 23.5. The van der Waals surface area contributed by atoms with E-state index in [2.05, 4.69) is 26.6 Å². The summed E-state index contributed by atoms with van der Waals surface area (Å²) in [6, 6.07) is 8.23. The summed E-state index contributed by atoms with van der Waals surface area (Å²) < 4.78 is 22.8. The van der Waals surface area contributed by atoms with Crippen molar-refractivity contribution in [2.75, 3.05) is 29.9 Å². The number of anilines is 2. The van der Waals surface area contributed by atoms with E-state index in [1.807, 2.05) is 24.1 Å². The number of imidazole rings is 1. The number of piperidine rings is 1. The minimum atomic E-state index is -0.238. The minimum absolute atomic E-state index is 0.0654. The third-order valence-corrected chi connectivity index (χ3v) is 8.66. The summed E-state index contributed by atoms with van der Waals surface area (Å²) in [6.45, 7) is 2.09. The Morgan fingerprint density at radius 2 is 1.76 bits per heavy atom. The van der Waals surface area contributed by atoms with Crippen molar-refractivity contribution in [3.05, 3.63) is 69.0 Å². The predicted molar refractivity (Wildman–Crippen MR) is 155 cm³/mol. The summed E-state index contributed by atoms with van der Waals surface area (Å²) in [7, 11) is 1.95. The van der Waals surface area contributed by atoms with E-state index in [1.54, 1.807) is 0 Å². The molecule has 9 nitrogen and oxygen atoms in total. The number of carbonyl (C=O) groups is 1. The van der Waals surface area contributed by atoms with Gasteiger partial charge in [0.2, 0.25) is 11.9 Å². The molecule has 3 heterocycles. The van der Waals surface area contributed by atoms with Crippen LogP contribution in [-0.4, -0.2) is 51.3 Å². The fraction of sp³-hybridized carbons (Fsp3) is 0.484. The fourth-order valence-electron chi connectivity index (χ4n) is 6.30. The molecule has 1 saturated heterocycles. The van der Waals surface area contributed by atoms with Gasteiger partial charge >= 0.3 is 5.97 Å². The molecule has 216 valence electrons. The summed E-state index contributed by atoms with van der Waals surface area (Å²) in [5, 5.41) is 2.14. The van der Waals surface area contributed by atoms with E-state index in [9.17, 15) is 14.0 Å². The molecule has 0 radical (unpaired) electrons. The Morgan fingerprint density at radius 1 is 1.02 bits per heavy atom. The van der Waals surface area contributed by atoms with Gasteiger partial charge in [0.1, 0.15) is 5.82 Å². The number of rotatable bonds is 8. The molecule has 1 saturated carbocycles. The maximum Gasteiger partial charge on any atom is 0.310 e. The first-order valence-electron chi connectivity index (χ1n) is 14.7. The topological polar surface area (TPSA) is 85.5 Å². The number of aromatic nitrogens is 4. The van der Waals surface area contributed by atoms with E-state index in [0.717, 1.165) is 86.7 Å². The first kappa shape index (κ1) is 27.2. The van der Waals surface area contributed by atoms with Crippen LogP contribution < -0.4 is 26.1 Å². The van der Waals surface area contributed by atoms with Crippen molar-refractivity contribution in [2.24, 2.45) is 5.92 Å². The SMILES string of the molecule is CN(c1nccc(=O)n1COC(=O)C1CCCC1)C1CCN(c2nc3c(n2Cc2ccc(F)cc2)=CCCC=3)CC1. The van der Waals surface area contributed by atoms with Crippen LogP contribution in [0.5, 0.6) is 0 Å². The minimum Gasteiger partial charge on any atom is -0.443 e. The molecule has 3 aromatic rings. The van der Waals surface area contributed by atoms with Crippen LogP contribution in [0.1, 0.15) is 56.9 Å². The number of benzene rings is 1. The lowest BCUT2D eigenvalue weighted by Gasteiger charge is -2.38. The molecular formula is C31H37FN6O3. The van der Waals surface area contributed by atoms with Crippen molar-refractivity contribution in [3.8, 4) is 0 Å². The van der Waals surface area contributed by atoms with Gasteiger partial charge < -0.3 is 19.1 Å². The van der Waals surface area contributed by atoms with Crippen molar-refractivity contribution in [3.63, 3.8) is 0 Å². The van der Waals surface area contributed by atoms with E-state index < -0.39 is 0 Å². The molecule has 2 aromatic heterocycles. The lowest BCUT2D eigenvalue weighted by Crippen LogP contribution is -2.46. The number of halogens is 1. The number of ether oxygens (including phenoxy) is 1. The van der Waals surface area contributed by atoms with Crippen LogP contribution in [-0.2, 0) is 22.8 Å². The highest BCUT2D eigenvalue weighted by molar-refractivity contribution is 5.72. The molecule has 2 fully saturated rings. The average Bonchev–Trinajstić information content (AvgIpc) is 3.66. The van der Waals surface area contributed by atoms with Crippen LogP contribution in [0.15, 0.2) is 41.3 Å².